The van der Waals surface area contributed by atoms with E-state index in [1.54, 1.807) is 6.07 Å². The highest BCUT2D eigenvalue weighted by Crippen LogP contribution is 2.26. The molecule has 0 spiro atoms. The molecule has 0 radical (unpaired) electrons. The maximum atomic E-state index is 9.70. The Kier molecular flexibility index (Phi) is 2.73. The Morgan fingerprint density at radius 3 is 3.18 bits per heavy atom. The number of fused-ring (bicyclic) bond motifs is 1. The van der Waals surface area contributed by atoms with Crippen LogP contribution in [0.15, 0.2) is 18.2 Å². The molecule has 0 bridgehead atoms. The Morgan fingerprint density at radius 1 is 1.41 bits per heavy atom. The molecule has 4 nitrogen and oxygen atoms in total. The van der Waals surface area contributed by atoms with Crippen LogP contribution in [0.3, 0.4) is 0 Å². The monoisotopic (exact) mass is 231 g/mol. The lowest BCUT2D eigenvalue weighted by molar-refractivity contribution is 0.374. The van der Waals surface area contributed by atoms with E-state index in [1.807, 2.05) is 12.1 Å². The predicted octanol–water partition coefficient (Wildman–Crippen LogP) is 1.81. The topological polar surface area (TPSA) is 60.9 Å². The van der Waals surface area contributed by atoms with E-state index in [1.165, 1.54) is 12.8 Å². The zero-order valence-electron chi connectivity index (χ0n) is 9.74. The van der Waals surface area contributed by atoms with Crippen molar-refractivity contribution in [3.63, 3.8) is 0 Å². The predicted molar refractivity (Wildman–Crippen MR) is 67.1 cm³/mol. The zero-order chi connectivity index (χ0) is 11.7. The smallest absolute Gasteiger partial charge is 0.143 e. The molecule has 0 saturated carbocycles. The number of benzene rings is 1. The molecule has 1 fully saturated rings. The van der Waals surface area contributed by atoms with Crippen molar-refractivity contribution in [1.29, 1.82) is 0 Å². The van der Waals surface area contributed by atoms with Crippen molar-refractivity contribution in [2.75, 3.05) is 13.1 Å². The van der Waals surface area contributed by atoms with Crippen molar-refractivity contribution in [3.8, 4) is 5.75 Å². The fraction of sp³-hybridized carbons (Fsp3) is 0.462. The van der Waals surface area contributed by atoms with Gasteiger partial charge in [0.15, 0.2) is 0 Å². The molecule has 2 aromatic rings. The Hall–Kier alpha value is -1.55. The molecule has 1 unspecified atom stereocenters. The number of aromatic hydroxyl groups is 1. The molecule has 0 amide bonds. The molecule has 17 heavy (non-hydrogen) atoms. The number of piperidine rings is 1. The zero-order valence-corrected chi connectivity index (χ0v) is 9.74. The number of H-pyrrole nitrogens is 1. The van der Waals surface area contributed by atoms with Gasteiger partial charge in [-0.25, -0.2) is 0 Å². The lowest BCUT2D eigenvalue weighted by Gasteiger charge is -2.22. The fourth-order valence-electron chi connectivity index (χ4n) is 2.62. The molecular formula is C13H17N3O. The summed E-state index contributed by atoms with van der Waals surface area (Å²) in [6, 6.07) is 5.56. The Labute approximate surface area is 100 Å². The lowest BCUT2D eigenvalue weighted by Crippen LogP contribution is -2.30. The molecule has 1 saturated heterocycles. The van der Waals surface area contributed by atoms with E-state index < -0.39 is 0 Å². The van der Waals surface area contributed by atoms with Crippen LogP contribution in [0.2, 0.25) is 0 Å². The molecule has 1 aromatic carbocycles. The van der Waals surface area contributed by atoms with E-state index in [4.69, 9.17) is 0 Å². The number of phenols is 1. The van der Waals surface area contributed by atoms with Crippen molar-refractivity contribution in [2.24, 2.45) is 5.92 Å². The van der Waals surface area contributed by atoms with Crippen molar-refractivity contribution in [2.45, 2.75) is 19.3 Å². The molecule has 3 rings (SSSR count). The van der Waals surface area contributed by atoms with Gasteiger partial charge in [0.2, 0.25) is 0 Å². The van der Waals surface area contributed by atoms with Gasteiger partial charge in [-0.2, -0.15) is 5.10 Å². The Morgan fingerprint density at radius 2 is 2.35 bits per heavy atom. The second kappa shape index (κ2) is 4.37. The molecular weight excluding hydrogens is 214 g/mol. The number of nitrogens with one attached hydrogen (secondary N) is 2. The SMILES string of the molecule is Oc1cccc2c(CC3CCCNC3)[nH]nc12. The van der Waals surface area contributed by atoms with Gasteiger partial charge in [-0.05, 0) is 44.3 Å². The van der Waals surface area contributed by atoms with Crippen LogP contribution < -0.4 is 5.32 Å². The van der Waals surface area contributed by atoms with Gasteiger partial charge in [0, 0.05) is 11.1 Å². The number of rotatable bonds is 2. The first-order valence-electron chi connectivity index (χ1n) is 6.20. The van der Waals surface area contributed by atoms with Gasteiger partial charge >= 0.3 is 0 Å². The summed E-state index contributed by atoms with van der Waals surface area (Å²) in [5, 5.41) is 21.4. The minimum Gasteiger partial charge on any atom is -0.506 e. The van der Waals surface area contributed by atoms with Crippen LogP contribution in [0.4, 0.5) is 0 Å². The first-order valence-corrected chi connectivity index (χ1v) is 6.20. The van der Waals surface area contributed by atoms with Gasteiger partial charge in [-0.15, -0.1) is 0 Å². The van der Waals surface area contributed by atoms with Gasteiger partial charge in [0.25, 0.3) is 0 Å². The first-order chi connectivity index (χ1) is 8.34. The van der Waals surface area contributed by atoms with Crippen LogP contribution in [-0.4, -0.2) is 28.4 Å². The number of hydrogen-bond donors (Lipinski definition) is 3. The highest BCUT2D eigenvalue weighted by Gasteiger charge is 2.16. The average Bonchev–Trinajstić information content (AvgIpc) is 2.76. The number of aromatic amines is 1. The summed E-state index contributed by atoms with van der Waals surface area (Å²) >= 11 is 0. The third-order valence-corrected chi connectivity index (χ3v) is 3.53. The molecule has 3 N–H and O–H groups in total. The van der Waals surface area contributed by atoms with E-state index in [2.05, 4.69) is 15.5 Å². The third-order valence-electron chi connectivity index (χ3n) is 3.53. The van der Waals surface area contributed by atoms with Gasteiger partial charge in [-0.3, -0.25) is 5.10 Å². The van der Waals surface area contributed by atoms with Gasteiger partial charge in [0.05, 0.1) is 0 Å². The number of phenolic OH excluding ortho intramolecular Hbond substituents is 1. The second-order valence-corrected chi connectivity index (χ2v) is 4.79. The Balaban J connectivity index is 1.87. The molecule has 4 heteroatoms. The highest BCUT2D eigenvalue weighted by atomic mass is 16.3. The number of aromatic nitrogens is 2. The summed E-state index contributed by atoms with van der Waals surface area (Å²) in [5.41, 5.74) is 1.83. The normalized spacial score (nSPS) is 20.8. The van der Waals surface area contributed by atoms with Crippen LogP contribution >= 0.6 is 0 Å². The van der Waals surface area contributed by atoms with Crippen LogP contribution in [0.5, 0.6) is 5.75 Å². The second-order valence-electron chi connectivity index (χ2n) is 4.79. The van der Waals surface area contributed by atoms with Crippen LogP contribution in [0, 0.1) is 5.92 Å². The van der Waals surface area contributed by atoms with Crippen molar-refractivity contribution in [1.82, 2.24) is 15.5 Å². The largest absolute Gasteiger partial charge is 0.506 e. The maximum Gasteiger partial charge on any atom is 0.143 e. The van der Waals surface area contributed by atoms with E-state index in [-0.39, 0.29) is 5.75 Å². The summed E-state index contributed by atoms with van der Waals surface area (Å²) in [6.45, 7) is 2.22. The molecule has 90 valence electrons. The lowest BCUT2D eigenvalue weighted by atomic mass is 9.94. The third kappa shape index (κ3) is 2.00. The van der Waals surface area contributed by atoms with Gasteiger partial charge in [-0.1, -0.05) is 12.1 Å². The highest BCUT2D eigenvalue weighted by molar-refractivity contribution is 5.86. The molecule has 1 aromatic heterocycles. The fourth-order valence-corrected chi connectivity index (χ4v) is 2.62. The van der Waals surface area contributed by atoms with Gasteiger partial charge in [0.1, 0.15) is 11.3 Å². The van der Waals surface area contributed by atoms with E-state index in [9.17, 15) is 5.11 Å². The summed E-state index contributed by atoms with van der Waals surface area (Å²) in [7, 11) is 0. The van der Waals surface area contributed by atoms with E-state index >= 15 is 0 Å². The van der Waals surface area contributed by atoms with Crippen LogP contribution in [0.25, 0.3) is 10.9 Å². The Bertz CT molecular complexity index is 514. The van der Waals surface area contributed by atoms with E-state index in [0.29, 0.717) is 11.4 Å². The summed E-state index contributed by atoms with van der Waals surface area (Å²) < 4.78 is 0. The minimum absolute atomic E-state index is 0.256. The number of para-hydroxylation sites is 1. The molecule has 2 heterocycles. The summed E-state index contributed by atoms with van der Waals surface area (Å²) in [5.74, 6) is 0.932. The quantitative estimate of drug-likeness (QED) is 0.738. The summed E-state index contributed by atoms with van der Waals surface area (Å²) in [4.78, 5) is 0. The van der Waals surface area contributed by atoms with Crippen molar-refractivity contribution < 1.29 is 5.11 Å². The van der Waals surface area contributed by atoms with Crippen LogP contribution in [0.1, 0.15) is 18.5 Å². The molecule has 1 aliphatic rings. The van der Waals surface area contributed by atoms with Crippen LogP contribution in [-0.2, 0) is 6.42 Å². The summed E-state index contributed by atoms with van der Waals surface area (Å²) in [6.07, 6.45) is 3.53. The minimum atomic E-state index is 0.256. The maximum absolute atomic E-state index is 9.70. The van der Waals surface area contributed by atoms with Gasteiger partial charge < -0.3 is 10.4 Å². The molecule has 0 aliphatic carbocycles. The average molecular weight is 231 g/mol. The van der Waals surface area contributed by atoms with Crippen molar-refractivity contribution >= 4 is 10.9 Å². The number of nitrogens with zero attached hydrogens (tertiary/aromatic N) is 1. The standard InChI is InChI=1S/C13H17N3O/c17-12-5-1-4-10-11(15-16-13(10)12)7-9-3-2-6-14-8-9/h1,4-5,9,14,17H,2-3,6-8H2,(H,15,16). The first kappa shape index (κ1) is 10.6. The van der Waals surface area contributed by atoms with E-state index in [0.717, 1.165) is 30.6 Å². The van der Waals surface area contributed by atoms with Crippen molar-refractivity contribution in [3.05, 3.63) is 23.9 Å². The molecule has 1 atom stereocenters. The number of hydrogen-bond acceptors (Lipinski definition) is 3. The molecule has 1 aliphatic heterocycles.